The third-order valence-corrected chi connectivity index (χ3v) is 2.40. The molecule has 0 heterocycles. The van der Waals surface area contributed by atoms with Crippen molar-refractivity contribution in [2.75, 3.05) is 0 Å². The van der Waals surface area contributed by atoms with Gasteiger partial charge in [0, 0.05) is 0 Å². The van der Waals surface area contributed by atoms with Crippen LogP contribution < -0.4 is 0 Å². The van der Waals surface area contributed by atoms with E-state index in [0.717, 1.165) is 0 Å². The van der Waals surface area contributed by atoms with Crippen molar-refractivity contribution in [1.29, 1.82) is 0 Å². The highest BCUT2D eigenvalue weighted by Gasteiger charge is 2.11. The van der Waals surface area contributed by atoms with Crippen molar-refractivity contribution in [1.82, 2.24) is 0 Å². The normalized spacial score (nSPS) is 21.0. The minimum absolute atomic E-state index is 0. The molecule has 56 valence electrons. The van der Waals surface area contributed by atoms with E-state index in [-0.39, 0.29) is 7.43 Å². The molecule has 0 amide bonds. The molecule has 1 aliphatic carbocycles. The Labute approximate surface area is 71.9 Å². The second-order valence-corrected chi connectivity index (χ2v) is 2.86. The second kappa shape index (κ2) is 5.47. The minimum Gasteiger partial charge on any atom is -0.312 e. The average molecular weight is 242 g/mol. The zero-order chi connectivity index (χ0) is 5.82. The Balaban J connectivity index is 0.000000640. The van der Waals surface area contributed by atoms with Crippen molar-refractivity contribution < 1.29 is 3.07 Å². The minimum atomic E-state index is 0. The highest BCUT2D eigenvalue weighted by molar-refractivity contribution is 14.1. The van der Waals surface area contributed by atoms with Crippen LogP contribution in [-0.4, -0.2) is 6.10 Å². The molecule has 0 aromatic heterocycles. The molecule has 0 aliphatic heterocycles. The number of halogens is 1. The molecule has 0 unspecified atom stereocenters. The molecule has 0 spiro atoms. The fraction of sp³-hybridized carbons (Fsp3) is 1.00. The third-order valence-electron chi connectivity index (χ3n) is 1.68. The van der Waals surface area contributed by atoms with Crippen molar-refractivity contribution in [3.8, 4) is 0 Å². The number of rotatable bonds is 1. The van der Waals surface area contributed by atoms with E-state index in [1.54, 1.807) is 0 Å². The molecule has 0 aromatic rings. The zero-order valence-electron chi connectivity index (χ0n) is 4.90. The van der Waals surface area contributed by atoms with E-state index >= 15 is 0 Å². The van der Waals surface area contributed by atoms with Crippen molar-refractivity contribution in [2.45, 2.75) is 45.6 Å². The largest absolute Gasteiger partial charge is 0.312 e. The van der Waals surface area contributed by atoms with E-state index in [1.165, 1.54) is 32.1 Å². The first kappa shape index (κ1) is 9.69. The van der Waals surface area contributed by atoms with E-state index in [2.05, 4.69) is 0 Å². The summed E-state index contributed by atoms with van der Waals surface area (Å²) in [6.45, 7) is 0. The second-order valence-electron chi connectivity index (χ2n) is 2.35. The topological polar surface area (TPSA) is 9.23 Å². The summed E-state index contributed by atoms with van der Waals surface area (Å²) in [5, 5.41) is 0. The Kier molecular flexibility index (Phi) is 5.89. The van der Waals surface area contributed by atoms with Gasteiger partial charge in [0.25, 0.3) is 0 Å². The quantitative estimate of drug-likeness (QED) is 0.641. The van der Waals surface area contributed by atoms with Gasteiger partial charge in [-0.2, -0.15) is 0 Å². The summed E-state index contributed by atoms with van der Waals surface area (Å²) in [5.41, 5.74) is 0. The summed E-state index contributed by atoms with van der Waals surface area (Å²) in [7, 11) is 0. The van der Waals surface area contributed by atoms with Gasteiger partial charge in [-0.15, -0.1) is 0 Å². The van der Waals surface area contributed by atoms with Gasteiger partial charge in [0.2, 0.25) is 0 Å². The maximum atomic E-state index is 5.16. The summed E-state index contributed by atoms with van der Waals surface area (Å²) < 4.78 is 5.16. The van der Waals surface area contributed by atoms with Crippen LogP contribution in [0.5, 0.6) is 0 Å². The van der Waals surface area contributed by atoms with Gasteiger partial charge in [-0.25, -0.2) is 0 Å². The summed E-state index contributed by atoms with van der Waals surface area (Å²) in [4.78, 5) is 0. The zero-order valence-corrected chi connectivity index (χ0v) is 7.06. The lowest BCUT2D eigenvalue weighted by atomic mass is 9.98. The third kappa shape index (κ3) is 3.40. The molecule has 1 aliphatic rings. The lowest BCUT2D eigenvalue weighted by Crippen LogP contribution is -2.11. The Hall–Kier alpha value is 0.690. The maximum Gasteiger partial charge on any atom is 0.110 e. The Bertz CT molecular complexity index is 59.9. The first-order valence-corrected chi connectivity index (χ1v) is 4.09. The average Bonchev–Trinajstić information content (AvgIpc) is 1.90. The Morgan fingerprint density at radius 1 is 1.11 bits per heavy atom. The van der Waals surface area contributed by atoms with Gasteiger partial charge in [-0.1, -0.05) is 26.7 Å². The van der Waals surface area contributed by atoms with Crippen LogP contribution in [0.3, 0.4) is 0 Å². The molecule has 2 heteroatoms. The lowest BCUT2D eigenvalue weighted by Gasteiger charge is -2.17. The lowest BCUT2D eigenvalue weighted by molar-refractivity contribution is 0.215. The summed E-state index contributed by atoms with van der Waals surface area (Å²) in [6, 6.07) is 0. The Morgan fingerprint density at radius 3 is 2.00 bits per heavy atom. The summed E-state index contributed by atoms with van der Waals surface area (Å²) in [6.07, 6.45) is 7.29. The molecule has 1 fully saturated rings. The van der Waals surface area contributed by atoms with Crippen LogP contribution >= 0.6 is 23.0 Å². The maximum absolute atomic E-state index is 5.16. The van der Waals surface area contributed by atoms with Gasteiger partial charge in [-0.05, 0) is 12.8 Å². The molecule has 1 nitrogen and oxygen atoms in total. The van der Waals surface area contributed by atoms with Gasteiger partial charge < -0.3 is 3.07 Å². The molecule has 9 heavy (non-hydrogen) atoms. The molecule has 0 bridgehead atoms. The highest BCUT2D eigenvalue weighted by Crippen LogP contribution is 2.21. The summed E-state index contributed by atoms with van der Waals surface area (Å²) >= 11 is 2.01. The van der Waals surface area contributed by atoms with E-state index in [1.807, 2.05) is 23.0 Å². The highest BCUT2D eigenvalue weighted by atomic mass is 127. The van der Waals surface area contributed by atoms with Crippen LogP contribution in [-0.2, 0) is 3.07 Å². The Morgan fingerprint density at radius 2 is 1.67 bits per heavy atom. The van der Waals surface area contributed by atoms with Gasteiger partial charge in [-0.3, -0.25) is 0 Å². The fourth-order valence-corrected chi connectivity index (χ4v) is 1.66. The van der Waals surface area contributed by atoms with Crippen LogP contribution in [0.2, 0.25) is 0 Å². The molecule has 0 aromatic carbocycles. The van der Waals surface area contributed by atoms with Gasteiger partial charge >= 0.3 is 0 Å². The first-order valence-electron chi connectivity index (χ1n) is 3.21. The van der Waals surface area contributed by atoms with Gasteiger partial charge in [0.15, 0.2) is 0 Å². The standard InChI is InChI=1S/C6H11IO.CH4/c7-8-6-4-2-1-3-5-6;/h6H,1-5H2;1H4. The number of hydrogen-bond donors (Lipinski definition) is 0. The van der Waals surface area contributed by atoms with E-state index in [4.69, 9.17) is 3.07 Å². The van der Waals surface area contributed by atoms with Crippen LogP contribution in [0, 0.1) is 0 Å². The molecular weight excluding hydrogens is 227 g/mol. The van der Waals surface area contributed by atoms with Crippen molar-refractivity contribution >= 4 is 23.0 Å². The van der Waals surface area contributed by atoms with Gasteiger partial charge in [0.05, 0.1) is 6.10 Å². The predicted octanol–water partition coefficient (Wildman–Crippen LogP) is 3.32. The van der Waals surface area contributed by atoms with Crippen LogP contribution in [0.15, 0.2) is 0 Å². The molecule has 0 saturated heterocycles. The van der Waals surface area contributed by atoms with Crippen LogP contribution in [0.1, 0.15) is 39.5 Å². The van der Waals surface area contributed by atoms with E-state index in [9.17, 15) is 0 Å². The molecule has 1 rings (SSSR count). The monoisotopic (exact) mass is 242 g/mol. The van der Waals surface area contributed by atoms with Crippen LogP contribution in [0.4, 0.5) is 0 Å². The van der Waals surface area contributed by atoms with Crippen molar-refractivity contribution in [3.63, 3.8) is 0 Å². The molecule has 0 radical (unpaired) electrons. The SMILES string of the molecule is C.IOC1CCCCC1. The van der Waals surface area contributed by atoms with E-state index < -0.39 is 0 Å². The number of hydrogen-bond acceptors (Lipinski definition) is 1. The van der Waals surface area contributed by atoms with E-state index in [0.29, 0.717) is 6.10 Å². The van der Waals surface area contributed by atoms with Crippen molar-refractivity contribution in [2.24, 2.45) is 0 Å². The molecule has 0 atom stereocenters. The predicted molar refractivity (Wildman–Crippen MR) is 48.7 cm³/mol. The molecule has 0 N–H and O–H groups in total. The molecular formula is C7H15IO. The van der Waals surface area contributed by atoms with Crippen LogP contribution in [0.25, 0.3) is 0 Å². The summed E-state index contributed by atoms with van der Waals surface area (Å²) in [5.74, 6) is 0. The first-order chi connectivity index (χ1) is 3.93. The van der Waals surface area contributed by atoms with Gasteiger partial charge in [0.1, 0.15) is 23.0 Å². The van der Waals surface area contributed by atoms with Crippen molar-refractivity contribution in [3.05, 3.63) is 0 Å². The molecule has 1 saturated carbocycles. The smallest absolute Gasteiger partial charge is 0.110 e. The fourth-order valence-electron chi connectivity index (χ4n) is 1.15.